The van der Waals surface area contributed by atoms with Crippen molar-refractivity contribution in [3.63, 3.8) is 0 Å². The highest BCUT2D eigenvalue weighted by molar-refractivity contribution is 7.16. The van der Waals surface area contributed by atoms with E-state index in [1.54, 1.807) is 13.0 Å². The third kappa shape index (κ3) is 3.03. The lowest BCUT2D eigenvalue weighted by Crippen LogP contribution is -2.11. The van der Waals surface area contributed by atoms with Gasteiger partial charge in [0.2, 0.25) is 0 Å². The molecule has 20 heavy (non-hydrogen) atoms. The quantitative estimate of drug-likeness (QED) is 0.884. The minimum atomic E-state index is -0.504. The number of rotatable bonds is 3. The van der Waals surface area contributed by atoms with Crippen LogP contribution in [0, 0.1) is 12.7 Å². The summed E-state index contributed by atoms with van der Waals surface area (Å²) in [4.78, 5) is 23.9. The predicted molar refractivity (Wildman–Crippen MR) is 74.7 cm³/mol. The van der Waals surface area contributed by atoms with Gasteiger partial charge in [-0.2, -0.15) is 0 Å². The number of carbonyl (C=O) groups is 2. The van der Waals surface area contributed by atoms with Gasteiger partial charge in [0.1, 0.15) is 10.7 Å². The molecule has 1 heterocycles. The topological polar surface area (TPSA) is 55.4 Å². The van der Waals surface area contributed by atoms with Crippen molar-refractivity contribution in [3.05, 3.63) is 51.5 Å². The molecular formula is C14H12FNO3S. The fourth-order valence-corrected chi connectivity index (χ4v) is 2.40. The van der Waals surface area contributed by atoms with Gasteiger partial charge in [-0.25, -0.2) is 9.18 Å². The maximum Gasteiger partial charge on any atom is 0.348 e. The monoisotopic (exact) mass is 293 g/mol. The standard InChI is InChI=1S/C14H12FNO3S/c1-8-3-4-10(9(15)7-8)16-13(17)11-5-6-12(20-11)14(18)19-2/h3-7H,1-2H3,(H,16,17). The molecule has 0 saturated carbocycles. The second-order valence-corrected chi connectivity index (χ2v) is 5.18. The molecule has 4 nitrogen and oxygen atoms in total. The number of hydrogen-bond donors (Lipinski definition) is 1. The second kappa shape index (κ2) is 5.83. The van der Waals surface area contributed by atoms with Gasteiger partial charge in [0.25, 0.3) is 5.91 Å². The minimum Gasteiger partial charge on any atom is -0.465 e. The van der Waals surface area contributed by atoms with Crippen molar-refractivity contribution in [3.8, 4) is 0 Å². The Morgan fingerprint density at radius 2 is 1.90 bits per heavy atom. The molecule has 0 aliphatic rings. The van der Waals surface area contributed by atoms with Gasteiger partial charge in [0.05, 0.1) is 17.7 Å². The van der Waals surface area contributed by atoms with Crippen molar-refractivity contribution >= 4 is 28.9 Å². The Morgan fingerprint density at radius 1 is 1.20 bits per heavy atom. The molecule has 0 unspecified atom stereocenters. The van der Waals surface area contributed by atoms with Gasteiger partial charge in [0, 0.05) is 0 Å². The van der Waals surface area contributed by atoms with E-state index >= 15 is 0 Å². The molecule has 0 fully saturated rings. The Labute approximate surface area is 119 Å². The summed E-state index contributed by atoms with van der Waals surface area (Å²) < 4.78 is 18.2. The number of aryl methyl sites for hydroxylation is 1. The number of halogens is 1. The molecular weight excluding hydrogens is 281 g/mol. The smallest absolute Gasteiger partial charge is 0.348 e. The summed E-state index contributed by atoms with van der Waals surface area (Å²) in [6, 6.07) is 7.53. The van der Waals surface area contributed by atoms with E-state index in [0.717, 1.165) is 16.9 Å². The first kappa shape index (κ1) is 14.2. The maximum absolute atomic E-state index is 13.6. The first-order valence-electron chi connectivity index (χ1n) is 5.77. The molecule has 0 aliphatic carbocycles. The highest BCUT2D eigenvalue weighted by Crippen LogP contribution is 2.21. The van der Waals surface area contributed by atoms with Gasteiger partial charge in [-0.1, -0.05) is 6.07 Å². The number of hydrogen-bond acceptors (Lipinski definition) is 4. The first-order valence-corrected chi connectivity index (χ1v) is 6.58. The molecule has 2 aromatic rings. The zero-order chi connectivity index (χ0) is 14.7. The largest absolute Gasteiger partial charge is 0.465 e. The van der Waals surface area contributed by atoms with Crippen molar-refractivity contribution in [2.24, 2.45) is 0 Å². The average molecular weight is 293 g/mol. The van der Waals surface area contributed by atoms with Crippen LogP contribution in [0.3, 0.4) is 0 Å². The second-order valence-electron chi connectivity index (χ2n) is 4.09. The molecule has 0 bridgehead atoms. The Balaban J connectivity index is 2.16. The Bertz CT molecular complexity index is 666. The molecule has 1 N–H and O–H groups in total. The summed E-state index contributed by atoms with van der Waals surface area (Å²) in [5.41, 5.74) is 0.873. The van der Waals surface area contributed by atoms with Crippen molar-refractivity contribution in [1.29, 1.82) is 0 Å². The van der Waals surface area contributed by atoms with Gasteiger partial charge in [-0.3, -0.25) is 4.79 Å². The molecule has 0 saturated heterocycles. The SMILES string of the molecule is COC(=O)c1ccc(C(=O)Nc2ccc(C)cc2F)s1. The molecule has 0 atom stereocenters. The number of thiophene rings is 1. The highest BCUT2D eigenvalue weighted by atomic mass is 32.1. The summed E-state index contributed by atoms with van der Waals surface area (Å²) >= 11 is 0.993. The predicted octanol–water partition coefficient (Wildman–Crippen LogP) is 3.23. The molecule has 0 aliphatic heterocycles. The first-order chi connectivity index (χ1) is 9.51. The fourth-order valence-electron chi connectivity index (χ4n) is 1.58. The third-order valence-electron chi connectivity index (χ3n) is 2.59. The molecule has 2 rings (SSSR count). The zero-order valence-corrected chi connectivity index (χ0v) is 11.7. The number of benzene rings is 1. The molecule has 6 heteroatoms. The van der Waals surface area contributed by atoms with E-state index in [9.17, 15) is 14.0 Å². The van der Waals surface area contributed by atoms with Crippen LogP contribution in [0.15, 0.2) is 30.3 Å². The van der Waals surface area contributed by atoms with Crippen LogP contribution in [0.2, 0.25) is 0 Å². The summed E-state index contributed by atoms with van der Waals surface area (Å²) in [5, 5.41) is 2.47. The van der Waals surface area contributed by atoms with Crippen LogP contribution in [0.5, 0.6) is 0 Å². The van der Waals surface area contributed by atoms with Crippen LogP contribution < -0.4 is 5.32 Å². The molecule has 104 valence electrons. The normalized spacial score (nSPS) is 10.2. The highest BCUT2D eigenvalue weighted by Gasteiger charge is 2.15. The summed E-state index contributed by atoms with van der Waals surface area (Å²) in [7, 11) is 1.27. The van der Waals surface area contributed by atoms with E-state index in [0.29, 0.717) is 9.75 Å². The van der Waals surface area contributed by atoms with Crippen LogP contribution in [0.1, 0.15) is 24.9 Å². The molecule has 1 amide bonds. The van der Waals surface area contributed by atoms with E-state index < -0.39 is 17.7 Å². The Hall–Kier alpha value is -2.21. The summed E-state index contributed by atoms with van der Waals surface area (Å²) in [6.45, 7) is 1.76. The van der Waals surface area contributed by atoms with Gasteiger partial charge in [-0.15, -0.1) is 11.3 Å². The molecule has 1 aromatic carbocycles. The molecule has 1 aromatic heterocycles. The lowest BCUT2D eigenvalue weighted by atomic mass is 10.2. The van der Waals surface area contributed by atoms with E-state index in [1.807, 2.05) is 0 Å². The average Bonchev–Trinajstić information content (AvgIpc) is 2.90. The van der Waals surface area contributed by atoms with Gasteiger partial charge in [-0.05, 0) is 36.8 Å². The number of carbonyl (C=O) groups excluding carboxylic acids is 2. The fraction of sp³-hybridized carbons (Fsp3) is 0.143. The summed E-state index contributed by atoms with van der Waals surface area (Å²) in [5.74, 6) is -1.47. The lowest BCUT2D eigenvalue weighted by Gasteiger charge is -2.05. The zero-order valence-electron chi connectivity index (χ0n) is 10.9. The van der Waals surface area contributed by atoms with Gasteiger partial charge < -0.3 is 10.1 Å². The number of amides is 1. The van der Waals surface area contributed by atoms with Crippen molar-refractivity contribution in [1.82, 2.24) is 0 Å². The Morgan fingerprint density at radius 3 is 2.55 bits per heavy atom. The van der Waals surface area contributed by atoms with E-state index in [4.69, 9.17) is 0 Å². The maximum atomic E-state index is 13.6. The van der Waals surface area contributed by atoms with Crippen molar-refractivity contribution in [2.75, 3.05) is 12.4 Å². The summed E-state index contributed by atoms with van der Waals surface area (Å²) in [6.07, 6.45) is 0. The Kier molecular flexibility index (Phi) is 4.14. The third-order valence-corrected chi connectivity index (χ3v) is 3.65. The van der Waals surface area contributed by atoms with Gasteiger partial charge in [0.15, 0.2) is 0 Å². The lowest BCUT2D eigenvalue weighted by molar-refractivity contribution is 0.0606. The number of ether oxygens (including phenoxy) is 1. The van der Waals surface area contributed by atoms with Crippen LogP contribution in [0.4, 0.5) is 10.1 Å². The van der Waals surface area contributed by atoms with Gasteiger partial charge >= 0.3 is 5.97 Å². The number of anilines is 1. The van der Waals surface area contributed by atoms with E-state index in [-0.39, 0.29) is 5.69 Å². The van der Waals surface area contributed by atoms with Crippen molar-refractivity contribution in [2.45, 2.75) is 6.92 Å². The van der Waals surface area contributed by atoms with Crippen LogP contribution in [-0.4, -0.2) is 19.0 Å². The van der Waals surface area contributed by atoms with Crippen LogP contribution in [-0.2, 0) is 4.74 Å². The van der Waals surface area contributed by atoms with E-state index in [2.05, 4.69) is 10.1 Å². The van der Waals surface area contributed by atoms with E-state index in [1.165, 1.54) is 31.4 Å². The van der Waals surface area contributed by atoms with Crippen LogP contribution in [0.25, 0.3) is 0 Å². The molecule has 0 radical (unpaired) electrons. The number of nitrogens with one attached hydrogen (secondary N) is 1. The van der Waals surface area contributed by atoms with Crippen LogP contribution >= 0.6 is 11.3 Å². The number of methoxy groups -OCH3 is 1. The number of esters is 1. The van der Waals surface area contributed by atoms with Crippen molar-refractivity contribution < 1.29 is 18.7 Å². The molecule has 0 spiro atoms. The minimum absolute atomic E-state index is 0.105.